The number of hydrogen-bond acceptors (Lipinski definition) is 2. The highest BCUT2D eigenvalue weighted by Gasteiger charge is 2.17. The molecule has 1 aromatic rings. The molecule has 0 aromatic heterocycles. The summed E-state index contributed by atoms with van der Waals surface area (Å²) >= 11 is 0. The van der Waals surface area contributed by atoms with Gasteiger partial charge in [-0.15, -0.1) is 0 Å². The summed E-state index contributed by atoms with van der Waals surface area (Å²) in [5.74, 6) is 1.22. The molecular weight excluding hydrogens is 250 g/mol. The first-order valence-corrected chi connectivity index (χ1v) is 7.35. The minimum absolute atomic E-state index is 0.319. The highest BCUT2D eigenvalue weighted by atomic mass is 16.3. The molecule has 1 saturated heterocycles. The summed E-state index contributed by atoms with van der Waals surface area (Å²) in [4.78, 5) is 6.47. The zero-order valence-electron chi connectivity index (χ0n) is 12.4. The van der Waals surface area contributed by atoms with Crippen LogP contribution in [0.1, 0.15) is 37.0 Å². The van der Waals surface area contributed by atoms with Gasteiger partial charge in [0.2, 0.25) is 0 Å². The van der Waals surface area contributed by atoms with Crippen LogP contribution in [-0.4, -0.2) is 35.6 Å². The number of aliphatic hydroxyl groups excluding tert-OH is 1. The van der Waals surface area contributed by atoms with Gasteiger partial charge in [-0.1, -0.05) is 36.8 Å². The maximum absolute atomic E-state index is 10.1. The first kappa shape index (κ1) is 14.9. The number of hydrogen-bond donors (Lipinski definition) is 2. The molecule has 110 valence electrons. The van der Waals surface area contributed by atoms with Crippen LogP contribution in [0.4, 0.5) is 0 Å². The van der Waals surface area contributed by atoms with Crippen molar-refractivity contribution in [1.82, 2.24) is 4.90 Å². The van der Waals surface area contributed by atoms with Crippen molar-refractivity contribution in [2.24, 2.45) is 16.6 Å². The predicted octanol–water partition coefficient (Wildman–Crippen LogP) is 2.08. The predicted molar refractivity (Wildman–Crippen MR) is 82.6 cm³/mol. The fraction of sp³-hybridized carbons (Fsp3) is 0.562. The van der Waals surface area contributed by atoms with Gasteiger partial charge in [0.15, 0.2) is 5.96 Å². The number of nitrogens with zero attached hydrogens (tertiary/aromatic N) is 2. The van der Waals surface area contributed by atoms with Crippen LogP contribution in [0.3, 0.4) is 0 Å². The van der Waals surface area contributed by atoms with Gasteiger partial charge in [0, 0.05) is 13.1 Å². The zero-order valence-corrected chi connectivity index (χ0v) is 12.4. The fourth-order valence-corrected chi connectivity index (χ4v) is 2.57. The van der Waals surface area contributed by atoms with E-state index in [1.165, 1.54) is 12.0 Å². The Labute approximate surface area is 121 Å². The molecule has 4 heteroatoms. The lowest BCUT2D eigenvalue weighted by Gasteiger charge is -2.31. The largest absolute Gasteiger partial charge is 0.386 e. The Bertz CT molecular complexity index is 455. The number of rotatable bonds is 3. The molecule has 0 aliphatic carbocycles. The second kappa shape index (κ2) is 6.75. The van der Waals surface area contributed by atoms with Crippen molar-refractivity contribution in [2.45, 2.75) is 32.8 Å². The molecule has 2 rings (SSSR count). The summed E-state index contributed by atoms with van der Waals surface area (Å²) in [5, 5.41) is 10.1. The average Bonchev–Trinajstić information content (AvgIpc) is 2.45. The SMILES string of the molecule is Cc1ccc(C(O)CN=C(N)N2CCCC(C)C2)cc1. The maximum atomic E-state index is 10.1. The van der Waals surface area contributed by atoms with Crippen LogP contribution in [0, 0.1) is 12.8 Å². The lowest BCUT2D eigenvalue weighted by Crippen LogP contribution is -2.43. The molecule has 1 fully saturated rings. The lowest BCUT2D eigenvalue weighted by atomic mass is 10.0. The molecule has 0 saturated carbocycles. The molecule has 1 aromatic carbocycles. The smallest absolute Gasteiger partial charge is 0.191 e. The molecule has 2 atom stereocenters. The van der Waals surface area contributed by atoms with Gasteiger partial charge in [-0.3, -0.25) is 4.99 Å². The van der Waals surface area contributed by atoms with E-state index in [0.717, 1.165) is 25.1 Å². The number of benzene rings is 1. The minimum atomic E-state index is -0.587. The van der Waals surface area contributed by atoms with Crippen molar-refractivity contribution in [3.05, 3.63) is 35.4 Å². The van der Waals surface area contributed by atoms with E-state index >= 15 is 0 Å². The summed E-state index contributed by atoms with van der Waals surface area (Å²) in [6, 6.07) is 7.87. The summed E-state index contributed by atoms with van der Waals surface area (Å²) < 4.78 is 0. The zero-order chi connectivity index (χ0) is 14.5. The fourth-order valence-electron chi connectivity index (χ4n) is 2.57. The Balaban J connectivity index is 1.92. The van der Waals surface area contributed by atoms with Crippen LogP contribution >= 0.6 is 0 Å². The van der Waals surface area contributed by atoms with Crippen molar-refractivity contribution >= 4 is 5.96 Å². The topological polar surface area (TPSA) is 61.9 Å². The highest BCUT2D eigenvalue weighted by molar-refractivity contribution is 5.78. The van der Waals surface area contributed by atoms with Crippen LogP contribution in [0.25, 0.3) is 0 Å². The highest BCUT2D eigenvalue weighted by Crippen LogP contribution is 2.16. The third-order valence-electron chi connectivity index (χ3n) is 3.87. The number of guanidine groups is 1. The van der Waals surface area contributed by atoms with Gasteiger partial charge < -0.3 is 15.7 Å². The van der Waals surface area contributed by atoms with E-state index in [2.05, 4.69) is 16.8 Å². The van der Waals surface area contributed by atoms with E-state index in [9.17, 15) is 5.11 Å². The van der Waals surface area contributed by atoms with Crippen molar-refractivity contribution in [3.63, 3.8) is 0 Å². The molecule has 3 N–H and O–H groups in total. The summed E-state index contributed by atoms with van der Waals surface area (Å²) in [7, 11) is 0. The quantitative estimate of drug-likeness (QED) is 0.656. The molecular formula is C16H25N3O. The van der Waals surface area contributed by atoms with Gasteiger partial charge in [0.25, 0.3) is 0 Å². The van der Waals surface area contributed by atoms with E-state index in [-0.39, 0.29) is 0 Å². The third-order valence-corrected chi connectivity index (χ3v) is 3.87. The number of aliphatic hydroxyl groups is 1. The average molecular weight is 275 g/mol. The van der Waals surface area contributed by atoms with Gasteiger partial charge in [0.1, 0.15) is 0 Å². The van der Waals surface area contributed by atoms with Crippen LogP contribution in [-0.2, 0) is 0 Å². The standard InChI is InChI=1S/C16H25N3O/c1-12-5-7-14(8-6-12)15(20)10-18-16(17)19-9-3-4-13(2)11-19/h5-8,13,15,20H,3-4,9-11H2,1-2H3,(H2,17,18). The Morgan fingerprint density at radius 2 is 2.15 bits per heavy atom. The van der Waals surface area contributed by atoms with Gasteiger partial charge in [-0.2, -0.15) is 0 Å². The van der Waals surface area contributed by atoms with Crippen molar-refractivity contribution in [1.29, 1.82) is 0 Å². The second-order valence-electron chi connectivity index (χ2n) is 5.82. The van der Waals surface area contributed by atoms with Crippen LogP contribution in [0.5, 0.6) is 0 Å². The van der Waals surface area contributed by atoms with Gasteiger partial charge in [-0.05, 0) is 31.2 Å². The molecule has 1 heterocycles. The molecule has 2 unspecified atom stereocenters. The molecule has 20 heavy (non-hydrogen) atoms. The summed E-state index contributed by atoms with van der Waals surface area (Å²) in [5.41, 5.74) is 8.10. The molecule has 0 amide bonds. The summed E-state index contributed by atoms with van der Waals surface area (Å²) in [6.07, 6.45) is 1.84. The van der Waals surface area contributed by atoms with E-state index in [0.29, 0.717) is 18.4 Å². The van der Waals surface area contributed by atoms with Crippen molar-refractivity contribution in [2.75, 3.05) is 19.6 Å². The van der Waals surface area contributed by atoms with Gasteiger partial charge in [-0.25, -0.2) is 0 Å². The Morgan fingerprint density at radius 1 is 1.45 bits per heavy atom. The molecule has 0 spiro atoms. The molecule has 1 aliphatic heterocycles. The molecule has 4 nitrogen and oxygen atoms in total. The Kier molecular flexibility index (Phi) is 5.01. The molecule has 0 bridgehead atoms. The third kappa shape index (κ3) is 3.97. The Hall–Kier alpha value is -1.55. The monoisotopic (exact) mass is 275 g/mol. The summed E-state index contributed by atoms with van der Waals surface area (Å²) in [6.45, 7) is 6.53. The van der Waals surface area contributed by atoms with Crippen LogP contribution < -0.4 is 5.73 Å². The van der Waals surface area contributed by atoms with Crippen molar-refractivity contribution in [3.8, 4) is 0 Å². The second-order valence-corrected chi connectivity index (χ2v) is 5.82. The number of aryl methyl sites for hydroxylation is 1. The molecule has 0 radical (unpaired) electrons. The van der Waals surface area contributed by atoms with E-state index in [1.807, 2.05) is 31.2 Å². The van der Waals surface area contributed by atoms with E-state index in [1.54, 1.807) is 0 Å². The first-order valence-electron chi connectivity index (χ1n) is 7.35. The molecule has 1 aliphatic rings. The van der Waals surface area contributed by atoms with Gasteiger partial charge >= 0.3 is 0 Å². The first-order chi connectivity index (χ1) is 9.56. The van der Waals surface area contributed by atoms with E-state index < -0.39 is 6.10 Å². The van der Waals surface area contributed by atoms with Gasteiger partial charge in [0.05, 0.1) is 12.6 Å². The number of piperidine rings is 1. The lowest BCUT2D eigenvalue weighted by molar-refractivity contribution is 0.186. The van der Waals surface area contributed by atoms with Crippen LogP contribution in [0.2, 0.25) is 0 Å². The normalized spacial score (nSPS) is 21.9. The number of likely N-dealkylation sites (tertiary alicyclic amines) is 1. The number of nitrogens with two attached hydrogens (primary N) is 1. The van der Waals surface area contributed by atoms with E-state index in [4.69, 9.17) is 5.73 Å². The minimum Gasteiger partial charge on any atom is -0.386 e. The van der Waals surface area contributed by atoms with Crippen LogP contribution in [0.15, 0.2) is 29.3 Å². The number of aliphatic imine (C=N–C) groups is 1. The maximum Gasteiger partial charge on any atom is 0.191 e. The Morgan fingerprint density at radius 3 is 2.80 bits per heavy atom. The van der Waals surface area contributed by atoms with Crippen molar-refractivity contribution < 1.29 is 5.11 Å².